The molecule has 1 fully saturated rings. The normalized spacial score (nSPS) is 17.7. The van der Waals surface area contributed by atoms with Gasteiger partial charge in [-0.3, -0.25) is 0 Å². The molecule has 0 atom stereocenters. The third-order valence-corrected chi connectivity index (χ3v) is 4.58. The van der Waals surface area contributed by atoms with E-state index >= 15 is 0 Å². The van der Waals surface area contributed by atoms with Gasteiger partial charge in [-0.25, -0.2) is 0 Å². The van der Waals surface area contributed by atoms with Crippen LogP contribution in [0.2, 0.25) is 0 Å². The summed E-state index contributed by atoms with van der Waals surface area (Å²) in [5, 5.41) is 10.2. The fraction of sp³-hybridized carbons (Fsp3) is 0.263. The summed E-state index contributed by atoms with van der Waals surface area (Å²) in [6.45, 7) is 2.16. The first-order valence-corrected chi connectivity index (χ1v) is 7.74. The van der Waals surface area contributed by atoms with E-state index in [1.54, 1.807) is 6.07 Å². The molecule has 1 N–H and O–H groups in total. The van der Waals surface area contributed by atoms with Gasteiger partial charge < -0.3 is 14.7 Å². The zero-order valence-electron chi connectivity index (χ0n) is 12.7. The number of fused-ring (bicyclic) bond motifs is 2. The number of benzene rings is 2. The number of piperidine rings is 1. The summed E-state index contributed by atoms with van der Waals surface area (Å²) < 4.78 is 5.96. The lowest BCUT2D eigenvalue weighted by Gasteiger charge is -2.30. The lowest BCUT2D eigenvalue weighted by atomic mass is 9.86. The molecule has 2 aliphatic heterocycles. The third kappa shape index (κ3) is 2.09. The number of ether oxygens (including phenoxy) is 1. The van der Waals surface area contributed by atoms with E-state index in [2.05, 4.69) is 18.0 Å². The highest BCUT2D eigenvalue weighted by Gasteiger charge is 2.27. The van der Waals surface area contributed by atoms with Crippen LogP contribution in [-0.4, -0.2) is 30.1 Å². The average Bonchev–Trinajstić information content (AvgIpc) is 2.55. The second-order valence-corrected chi connectivity index (χ2v) is 6.03. The third-order valence-electron chi connectivity index (χ3n) is 4.58. The van der Waals surface area contributed by atoms with Crippen molar-refractivity contribution in [2.24, 2.45) is 0 Å². The highest BCUT2D eigenvalue weighted by atomic mass is 16.5. The molecule has 3 nitrogen and oxygen atoms in total. The number of hydrogen-bond acceptors (Lipinski definition) is 3. The molecular formula is C19H19NO2. The second kappa shape index (κ2) is 5.18. The fourth-order valence-corrected chi connectivity index (χ4v) is 3.37. The number of likely N-dealkylation sites (tertiary alicyclic amines) is 1. The zero-order valence-corrected chi connectivity index (χ0v) is 12.7. The smallest absolute Gasteiger partial charge is 0.176 e. The van der Waals surface area contributed by atoms with Crippen LogP contribution in [0.4, 0.5) is 0 Å². The Labute approximate surface area is 130 Å². The van der Waals surface area contributed by atoms with Crippen LogP contribution in [0.1, 0.15) is 24.0 Å². The summed E-state index contributed by atoms with van der Waals surface area (Å²) in [5.41, 5.74) is 4.86. The summed E-state index contributed by atoms with van der Waals surface area (Å²) in [6, 6.07) is 13.7. The zero-order chi connectivity index (χ0) is 15.1. The largest absolute Gasteiger partial charge is 0.504 e. The van der Waals surface area contributed by atoms with Crippen molar-refractivity contribution in [2.75, 3.05) is 20.1 Å². The van der Waals surface area contributed by atoms with Gasteiger partial charge in [-0.05, 0) is 37.6 Å². The van der Waals surface area contributed by atoms with Gasteiger partial charge in [0.25, 0.3) is 0 Å². The average molecular weight is 293 g/mol. The summed E-state index contributed by atoms with van der Waals surface area (Å²) >= 11 is 0. The molecular weight excluding hydrogens is 274 g/mol. The van der Waals surface area contributed by atoms with Crippen LogP contribution in [0.25, 0.3) is 5.57 Å². The van der Waals surface area contributed by atoms with Gasteiger partial charge in [-0.15, -0.1) is 0 Å². The van der Waals surface area contributed by atoms with Gasteiger partial charge >= 0.3 is 0 Å². The van der Waals surface area contributed by atoms with Crippen LogP contribution in [0.3, 0.4) is 0 Å². The SMILES string of the molecule is CN1CCC(=C2c3ccccc3Oc3c(O)cccc32)CC1. The number of phenols is 1. The minimum atomic E-state index is 0.207. The topological polar surface area (TPSA) is 32.7 Å². The first-order valence-electron chi connectivity index (χ1n) is 7.74. The molecule has 0 saturated carbocycles. The summed E-state index contributed by atoms with van der Waals surface area (Å²) in [4.78, 5) is 2.36. The van der Waals surface area contributed by atoms with Crippen LogP contribution in [0.15, 0.2) is 48.0 Å². The predicted molar refractivity (Wildman–Crippen MR) is 87.4 cm³/mol. The molecule has 0 aromatic heterocycles. The monoisotopic (exact) mass is 293 g/mol. The first kappa shape index (κ1) is 13.4. The quantitative estimate of drug-likeness (QED) is 0.679. The Morgan fingerprint density at radius 3 is 2.50 bits per heavy atom. The van der Waals surface area contributed by atoms with Crippen molar-refractivity contribution >= 4 is 5.57 Å². The Balaban J connectivity index is 1.94. The van der Waals surface area contributed by atoms with E-state index in [-0.39, 0.29) is 5.75 Å². The Bertz CT molecular complexity index is 754. The van der Waals surface area contributed by atoms with E-state index < -0.39 is 0 Å². The first-order chi connectivity index (χ1) is 10.7. The highest BCUT2D eigenvalue weighted by Crippen LogP contribution is 2.49. The predicted octanol–water partition coefficient (Wildman–Crippen LogP) is 4.03. The van der Waals surface area contributed by atoms with Crippen LogP contribution in [-0.2, 0) is 0 Å². The van der Waals surface area contributed by atoms with Crippen molar-refractivity contribution < 1.29 is 9.84 Å². The van der Waals surface area contributed by atoms with E-state index in [0.29, 0.717) is 5.75 Å². The van der Waals surface area contributed by atoms with Gasteiger partial charge in [0.2, 0.25) is 0 Å². The molecule has 112 valence electrons. The molecule has 0 amide bonds. The maximum atomic E-state index is 10.2. The Morgan fingerprint density at radius 1 is 0.955 bits per heavy atom. The second-order valence-electron chi connectivity index (χ2n) is 6.03. The van der Waals surface area contributed by atoms with E-state index in [1.165, 1.54) is 11.1 Å². The van der Waals surface area contributed by atoms with E-state index in [0.717, 1.165) is 42.8 Å². The summed E-state index contributed by atoms with van der Waals surface area (Å²) in [7, 11) is 2.17. The lowest BCUT2D eigenvalue weighted by molar-refractivity contribution is 0.313. The molecule has 0 unspecified atom stereocenters. The number of phenolic OH excluding ortho intramolecular Hbond substituents is 1. The molecule has 22 heavy (non-hydrogen) atoms. The molecule has 0 aliphatic carbocycles. The van der Waals surface area contributed by atoms with Crippen molar-refractivity contribution in [3.63, 3.8) is 0 Å². The molecule has 0 spiro atoms. The van der Waals surface area contributed by atoms with Gasteiger partial charge in [-0.1, -0.05) is 35.9 Å². The summed E-state index contributed by atoms with van der Waals surface area (Å²) in [6.07, 6.45) is 2.13. The molecule has 2 aliphatic rings. The molecule has 2 aromatic rings. The number of aromatic hydroxyl groups is 1. The lowest BCUT2D eigenvalue weighted by Crippen LogP contribution is -2.27. The van der Waals surface area contributed by atoms with Gasteiger partial charge in [0.1, 0.15) is 5.75 Å². The van der Waals surface area contributed by atoms with Crippen LogP contribution >= 0.6 is 0 Å². The van der Waals surface area contributed by atoms with Crippen molar-refractivity contribution in [2.45, 2.75) is 12.8 Å². The van der Waals surface area contributed by atoms with Gasteiger partial charge in [0, 0.05) is 24.2 Å². The van der Waals surface area contributed by atoms with Crippen molar-refractivity contribution in [1.29, 1.82) is 0 Å². The Morgan fingerprint density at radius 2 is 1.68 bits per heavy atom. The van der Waals surface area contributed by atoms with E-state index in [9.17, 15) is 5.11 Å². The standard InChI is InChI=1S/C19H19NO2/c1-20-11-9-13(10-12-20)18-14-5-2-3-8-17(14)22-19-15(18)6-4-7-16(19)21/h2-8,21H,9-12H2,1H3. The number of rotatable bonds is 0. The summed E-state index contributed by atoms with van der Waals surface area (Å²) in [5.74, 6) is 1.62. The van der Waals surface area contributed by atoms with Crippen molar-refractivity contribution in [3.8, 4) is 17.2 Å². The molecule has 0 radical (unpaired) electrons. The van der Waals surface area contributed by atoms with Gasteiger partial charge in [0.05, 0.1) is 0 Å². The van der Waals surface area contributed by atoms with Crippen molar-refractivity contribution in [1.82, 2.24) is 4.90 Å². The Hall–Kier alpha value is -2.26. The van der Waals surface area contributed by atoms with Gasteiger partial charge in [0.15, 0.2) is 11.5 Å². The molecule has 0 bridgehead atoms. The maximum absolute atomic E-state index is 10.2. The molecule has 1 saturated heterocycles. The minimum absolute atomic E-state index is 0.207. The van der Waals surface area contributed by atoms with Crippen LogP contribution in [0, 0.1) is 0 Å². The molecule has 3 heteroatoms. The number of hydrogen-bond donors (Lipinski definition) is 1. The van der Waals surface area contributed by atoms with E-state index in [4.69, 9.17) is 4.74 Å². The van der Waals surface area contributed by atoms with Crippen LogP contribution in [0.5, 0.6) is 17.2 Å². The molecule has 4 rings (SSSR count). The van der Waals surface area contributed by atoms with Crippen LogP contribution < -0.4 is 4.74 Å². The van der Waals surface area contributed by atoms with E-state index in [1.807, 2.05) is 30.3 Å². The highest BCUT2D eigenvalue weighted by molar-refractivity contribution is 5.90. The fourth-order valence-electron chi connectivity index (χ4n) is 3.37. The maximum Gasteiger partial charge on any atom is 0.176 e. The van der Waals surface area contributed by atoms with Gasteiger partial charge in [-0.2, -0.15) is 0 Å². The number of para-hydroxylation sites is 2. The minimum Gasteiger partial charge on any atom is -0.504 e. The van der Waals surface area contributed by atoms with Crippen molar-refractivity contribution in [3.05, 3.63) is 59.2 Å². The molecule has 2 aromatic carbocycles. The number of nitrogens with zero attached hydrogens (tertiary/aromatic N) is 1. The molecule has 2 heterocycles. The Kier molecular flexibility index (Phi) is 3.16.